The minimum atomic E-state index is -1.28. The quantitative estimate of drug-likeness (QED) is 0.509. The van der Waals surface area contributed by atoms with Gasteiger partial charge in [0.1, 0.15) is 6.04 Å². The SMILES string of the molecule is C=CCCCCCC[C@@H](NC(=O)c1cccc(F)c1F)C(=O)O. The van der Waals surface area contributed by atoms with Crippen LogP contribution in [0, 0.1) is 11.6 Å². The van der Waals surface area contributed by atoms with Gasteiger partial charge in [0.25, 0.3) is 5.91 Å². The molecule has 0 saturated carbocycles. The van der Waals surface area contributed by atoms with Crippen molar-refractivity contribution < 1.29 is 23.5 Å². The summed E-state index contributed by atoms with van der Waals surface area (Å²) in [5.41, 5.74) is -0.498. The molecule has 0 unspecified atom stereocenters. The van der Waals surface area contributed by atoms with E-state index in [4.69, 9.17) is 5.11 Å². The van der Waals surface area contributed by atoms with Crippen molar-refractivity contribution >= 4 is 11.9 Å². The van der Waals surface area contributed by atoms with Crippen LogP contribution in [0.4, 0.5) is 8.78 Å². The number of benzene rings is 1. The Hall–Kier alpha value is -2.24. The second-order valence-electron chi connectivity index (χ2n) is 5.25. The summed E-state index contributed by atoms with van der Waals surface area (Å²) in [6, 6.07) is 2.08. The van der Waals surface area contributed by atoms with Gasteiger partial charge >= 0.3 is 5.97 Å². The van der Waals surface area contributed by atoms with Crippen LogP contribution in [0.5, 0.6) is 0 Å². The largest absolute Gasteiger partial charge is 0.480 e. The summed E-state index contributed by atoms with van der Waals surface area (Å²) in [6.45, 7) is 3.62. The van der Waals surface area contributed by atoms with E-state index in [9.17, 15) is 18.4 Å². The van der Waals surface area contributed by atoms with Crippen LogP contribution in [0.2, 0.25) is 0 Å². The lowest BCUT2D eigenvalue weighted by atomic mass is 10.1. The number of nitrogens with one attached hydrogen (secondary N) is 1. The minimum absolute atomic E-state index is 0.242. The van der Waals surface area contributed by atoms with Crippen LogP contribution in [0.3, 0.4) is 0 Å². The van der Waals surface area contributed by atoms with E-state index in [-0.39, 0.29) is 6.42 Å². The Morgan fingerprint density at radius 3 is 2.57 bits per heavy atom. The molecule has 0 saturated heterocycles. The molecule has 0 aliphatic carbocycles. The van der Waals surface area contributed by atoms with Gasteiger partial charge in [-0.15, -0.1) is 6.58 Å². The van der Waals surface area contributed by atoms with E-state index < -0.39 is 35.1 Å². The zero-order chi connectivity index (χ0) is 17.2. The number of carboxylic acids is 1. The predicted octanol–water partition coefficient (Wildman–Crippen LogP) is 3.67. The first-order valence-electron chi connectivity index (χ1n) is 7.56. The molecule has 0 aromatic heterocycles. The lowest BCUT2D eigenvalue weighted by Crippen LogP contribution is -2.41. The maximum atomic E-state index is 13.5. The highest BCUT2D eigenvalue weighted by atomic mass is 19.2. The Balaban J connectivity index is 2.55. The Labute approximate surface area is 134 Å². The number of hydrogen-bond acceptors (Lipinski definition) is 2. The summed E-state index contributed by atoms with van der Waals surface area (Å²) in [5, 5.41) is 11.4. The highest BCUT2D eigenvalue weighted by Gasteiger charge is 2.22. The van der Waals surface area contributed by atoms with Crippen LogP contribution in [-0.4, -0.2) is 23.0 Å². The van der Waals surface area contributed by atoms with Crippen molar-refractivity contribution in [2.24, 2.45) is 0 Å². The fourth-order valence-corrected chi connectivity index (χ4v) is 2.16. The van der Waals surface area contributed by atoms with Gasteiger partial charge in [-0.25, -0.2) is 13.6 Å². The van der Waals surface area contributed by atoms with Crippen LogP contribution in [-0.2, 0) is 4.79 Å². The van der Waals surface area contributed by atoms with Crippen molar-refractivity contribution in [3.05, 3.63) is 48.1 Å². The highest BCUT2D eigenvalue weighted by Crippen LogP contribution is 2.13. The van der Waals surface area contributed by atoms with E-state index in [0.717, 1.165) is 37.8 Å². The molecule has 6 heteroatoms. The number of aliphatic carboxylic acids is 1. The van der Waals surface area contributed by atoms with Crippen LogP contribution < -0.4 is 5.32 Å². The van der Waals surface area contributed by atoms with Gasteiger partial charge < -0.3 is 10.4 Å². The van der Waals surface area contributed by atoms with Crippen molar-refractivity contribution in [3.8, 4) is 0 Å². The van der Waals surface area contributed by atoms with E-state index in [2.05, 4.69) is 11.9 Å². The summed E-state index contributed by atoms with van der Waals surface area (Å²) in [4.78, 5) is 23.1. The Morgan fingerprint density at radius 2 is 1.91 bits per heavy atom. The van der Waals surface area contributed by atoms with Crippen molar-refractivity contribution in [2.45, 2.75) is 44.6 Å². The second kappa shape index (κ2) is 9.71. The molecule has 0 bridgehead atoms. The van der Waals surface area contributed by atoms with Gasteiger partial charge in [0.05, 0.1) is 5.56 Å². The summed E-state index contributed by atoms with van der Waals surface area (Å²) in [5.74, 6) is -4.55. The molecule has 1 aromatic carbocycles. The number of amides is 1. The van der Waals surface area contributed by atoms with Crippen LogP contribution >= 0.6 is 0 Å². The van der Waals surface area contributed by atoms with Crippen molar-refractivity contribution in [2.75, 3.05) is 0 Å². The van der Waals surface area contributed by atoms with Crippen LogP contribution in [0.25, 0.3) is 0 Å². The van der Waals surface area contributed by atoms with Crippen molar-refractivity contribution in [1.29, 1.82) is 0 Å². The molecule has 0 fully saturated rings. The van der Waals surface area contributed by atoms with Crippen LogP contribution in [0.15, 0.2) is 30.9 Å². The number of carbonyl (C=O) groups excluding carboxylic acids is 1. The highest BCUT2D eigenvalue weighted by molar-refractivity contribution is 5.96. The lowest BCUT2D eigenvalue weighted by molar-refractivity contribution is -0.139. The number of carboxylic acid groups (broad SMARTS) is 1. The van der Waals surface area contributed by atoms with Gasteiger partial charge in [-0.2, -0.15) is 0 Å². The number of carbonyl (C=O) groups is 2. The number of rotatable bonds is 10. The molecule has 1 rings (SSSR count). The molecule has 0 spiro atoms. The average molecular weight is 325 g/mol. The van der Waals surface area contributed by atoms with Crippen LogP contribution in [0.1, 0.15) is 48.9 Å². The Morgan fingerprint density at radius 1 is 1.22 bits per heavy atom. The molecule has 1 atom stereocenters. The third kappa shape index (κ3) is 6.18. The fraction of sp³-hybridized carbons (Fsp3) is 0.412. The van der Waals surface area contributed by atoms with Gasteiger partial charge in [0.15, 0.2) is 11.6 Å². The lowest BCUT2D eigenvalue weighted by Gasteiger charge is -2.15. The van der Waals surface area contributed by atoms with Crippen molar-refractivity contribution in [3.63, 3.8) is 0 Å². The molecule has 1 aromatic rings. The summed E-state index contributed by atoms with van der Waals surface area (Å²) >= 11 is 0. The van der Waals surface area contributed by atoms with Gasteiger partial charge in [0, 0.05) is 0 Å². The van der Waals surface area contributed by atoms with Gasteiger partial charge in [-0.1, -0.05) is 31.4 Å². The molecule has 2 N–H and O–H groups in total. The third-order valence-electron chi connectivity index (χ3n) is 3.45. The smallest absolute Gasteiger partial charge is 0.326 e. The van der Waals surface area contributed by atoms with E-state index in [1.165, 1.54) is 6.07 Å². The topological polar surface area (TPSA) is 66.4 Å². The number of hydrogen-bond donors (Lipinski definition) is 2. The second-order valence-corrected chi connectivity index (χ2v) is 5.25. The third-order valence-corrected chi connectivity index (χ3v) is 3.45. The maximum Gasteiger partial charge on any atom is 0.326 e. The summed E-state index contributed by atoms with van der Waals surface area (Å²) < 4.78 is 26.6. The van der Waals surface area contributed by atoms with E-state index in [0.29, 0.717) is 6.42 Å². The zero-order valence-electron chi connectivity index (χ0n) is 12.9. The molecular formula is C17H21F2NO3. The Bertz CT molecular complexity index is 561. The fourth-order valence-electron chi connectivity index (χ4n) is 2.16. The molecule has 126 valence electrons. The van der Waals surface area contributed by atoms with E-state index >= 15 is 0 Å². The first-order valence-corrected chi connectivity index (χ1v) is 7.56. The standard InChI is InChI=1S/C17H21F2NO3/c1-2-3-4-5-6-7-11-14(17(22)23)20-16(21)12-9-8-10-13(18)15(12)19/h2,8-10,14H,1,3-7,11H2,(H,20,21)(H,22,23)/t14-/m1/s1. The summed E-state index contributed by atoms with van der Waals surface area (Å²) in [7, 11) is 0. The normalized spacial score (nSPS) is 11.7. The molecule has 23 heavy (non-hydrogen) atoms. The van der Waals surface area contributed by atoms with Gasteiger partial charge in [-0.3, -0.25) is 4.79 Å². The van der Waals surface area contributed by atoms with Gasteiger partial charge in [0.2, 0.25) is 0 Å². The molecule has 1 amide bonds. The maximum absolute atomic E-state index is 13.5. The molecule has 4 nitrogen and oxygen atoms in total. The van der Waals surface area contributed by atoms with E-state index in [1.54, 1.807) is 0 Å². The first-order chi connectivity index (χ1) is 11.0. The average Bonchev–Trinajstić information content (AvgIpc) is 2.51. The summed E-state index contributed by atoms with van der Waals surface area (Å²) in [6.07, 6.45) is 6.38. The Kier molecular flexibility index (Phi) is 7.94. The first kappa shape index (κ1) is 18.8. The molecular weight excluding hydrogens is 304 g/mol. The monoisotopic (exact) mass is 325 g/mol. The van der Waals surface area contributed by atoms with E-state index in [1.807, 2.05) is 6.08 Å². The molecule has 0 heterocycles. The number of unbranched alkanes of at least 4 members (excludes halogenated alkanes) is 4. The molecule has 0 radical (unpaired) electrons. The number of allylic oxidation sites excluding steroid dienone is 1. The van der Waals surface area contributed by atoms with Gasteiger partial charge in [-0.05, 0) is 31.4 Å². The predicted molar refractivity (Wildman–Crippen MR) is 83.1 cm³/mol. The minimum Gasteiger partial charge on any atom is -0.480 e. The zero-order valence-corrected chi connectivity index (χ0v) is 12.9. The number of halogens is 2. The molecule has 0 aliphatic heterocycles. The van der Waals surface area contributed by atoms with Crippen molar-refractivity contribution in [1.82, 2.24) is 5.32 Å². The molecule has 0 aliphatic rings.